The van der Waals surface area contributed by atoms with Gasteiger partial charge in [0.2, 0.25) is 21.8 Å². The molecule has 36 heavy (non-hydrogen) atoms. The Kier molecular flexibility index (Phi) is 10.3. The first-order valence-corrected chi connectivity index (χ1v) is 14.0. The van der Waals surface area contributed by atoms with Crippen LogP contribution in [0.5, 0.6) is 5.75 Å². The van der Waals surface area contributed by atoms with Crippen LogP contribution >= 0.6 is 0 Å². The minimum Gasteiger partial charge on any atom is -0.497 e. The topological polar surface area (TPSA) is 96.0 Å². The summed E-state index contributed by atoms with van der Waals surface area (Å²) in [6.07, 6.45) is 1.59. The molecule has 0 saturated heterocycles. The number of ether oxygens (including phenoxy) is 1. The van der Waals surface area contributed by atoms with Crippen molar-refractivity contribution in [2.45, 2.75) is 66.1 Å². The Morgan fingerprint density at radius 3 is 2.08 bits per heavy atom. The summed E-state index contributed by atoms with van der Waals surface area (Å²) < 4.78 is 31.6. The molecule has 0 aromatic heterocycles. The number of hydrogen-bond acceptors (Lipinski definition) is 5. The van der Waals surface area contributed by atoms with Gasteiger partial charge in [0.05, 0.1) is 19.1 Å². The number of nitrogens with zero attached hydrogens (tertiary/aromatic N) is 2. The quantitative estimate of drug-likeness (QED) is 0.462. The second-order valence-corrected chi connectivity index (χ2v) is 11.4. The maximum absolute atomic E-state index is 13.3. The first-order chi connectivity index (χ1) is 16.8. The zero-order chi connectivity index (χ0) is 27.0. The second kappa shape index (κ2) is 12.8. The smallest absolute Gasteiger partial charge is 0.242 e. The molecule has 2 aromatic rings. The lowest BCUT2D eigenvalue weighted by molar-refractivity contribution is -0.140. The molecule has 0 bridgehead atoms. The molecule has 0 fully saturated rings. The van der Waals surface area contributed by atoms with E-state index in [1.807, 2.05) is 70.2 Å². The molecule has 2 amide bonds. The molecule has 0 aliphatic rings. The summed E-state index contributed by atoms with van der Waals surface area (Å²) in [4.78, 5) is 27.6. The van der Waals surface area contributed by atoms with Crippen LogP contribution in [0.3, 0.4) is 0 Å². The first kappa shape index (κ1) is 29.2. The molecule has 2 aromatic carbocycles. The van der Waals surface area contributed by atoms with Crippen molar-refractivity contribution < 1.29 is 22.7 Å². The van der Waals surface area contributed by atoms with E-state index in [1.54, 1.807) is 18.9 Å². The van der Waals surface area contributed by atoms with E-state index in [0.29, 0.717) is 17.9 Å². The number of methoxy groups -OCH3 is 1. The van der Waals surface area contributed by atoms with Crippen molar-refractivity contribution in [3.63, 3.8) is 0 Å². The maximum atomic E-state index is 13.3. The van der Waals surface area contributed by atoms with Crippen molar-refractivity contribution in [2.75, 3.05) is 24.2 Å². The van der Waals surface area contributed by atoms with Gasteiger partial charge in [-0.15, -0.1) is 0 Å². The number of anilines is 1. The van der Waals surface area contributed by atoms with Crippen LogP contribution in [-0.4, -0.2) is 57.1 Å². The van der Waals surface area contributed by atoms with E-state index >= 15 is 0 Å². The molecule has 1 atom stereocenters. The molecule has 0 aliphatic carbocycles. The standard InChI is InChI=1S/C27H39N3O5S/c1-19(2)28-27(32)22(5)29(18-23-10-12-25(35-6)13-11-23)26(31)9-8-14-30(36(7,33)34)24-16-20(3)15-21(4)17-24/h10-13,15-17,19,22H,8-9,14,18H2,1-7H3,(H,28,32)/t22-/m1/s1. The zero-order valence-electron chi connectivity index (χ0n) is 22.4. The molecule has 0 saturated carbocycles. The van der Waals surface area contributed by atoms with Crippen molar-refractivity contribution in [1.29, 1.82) is 0 Å². The van der Waals surface area contributed by atoms with Crippen molar-refractivity contribution >= 4 is 27.5 Å². The number of carbonyl (C=O) groups excluding carboxylic acids is 2. The normalized spacial score (nSPS) is 12.2. The summed E-state index contributed by atoms with van der Waals surface area (Å²) in [5, 5.41) is 2.87. The molecule has 9 heteroatoms. The van der Waals surface area contributed by atoms with E-state index in [0.717, 1.165) is 16.7 Å². The van der Waals surface area contributed by atoms with Gasteiger partial charge >= 0.3 is 0 Å². The largest absolute Gasteiger partial charge is 0.497 e. The van der Waals surface area contributed by atoms with E-state index in [4.69, 9.17) is 4.74 Å². The van der Waals surface area contributed by atoms with E-state index in [1.165, 1.54) is 10.6 Å². The Hall–Kier alpha value is -3.07. The highest BCUT2D eigenvalue weighted by atomic mass is 32.2. The number of carbonyl (C=O) groups is 2. The fraction of sp³-hybridized carbons (Fsp3) is 0.481. The molecule has 0 unspecified atom stereocenters. The number of benzene rings is 2. The third-order valence-corrected chi connectivity index (χ3v) is 6.95. The second-order valence-electron chi connectivity index (χ2n) is 9.49. The summed E-state index contributed by atoms with van der Waals surface area (Å²) in [7, 11) is -1.95. The third-order valence-electron chi connectivity index (χ3n) is 5.76. The number of rotatable bonds is 12. The number of nitrogens with one attached hydrogen (secondary N) is 1. The van der Waals surface area contributed by atoms with Crippen molar-refractivity contribution in [1.82, 2.24) is 10.2 Å². The molecular formula is C27H39N3O5S. The number of hydrogen-bond donors (Lipinski definition) is 1. The minimum atomic E-state index is -3.54. The molecule has 0 radical (unpaired) electrons. The average molecular weight is 518 g/mol. The molecule has 2 rings (SSSR count). The van der Waals surface area contributed by atoms with Gasteiger partial charge in [-0.1, -0.05) is 18.2 Å². The fourth-order valence-electron chi connectivity index (χ4n) is 4.01. The van der Waals surface area contributed by atoms with E-state index in [2.05, 4.69) is 5.32 Å². The van der Waals surface area contributed by atoms with Gasteiger partial charge in [-0.05, 0) is 82.0 Å². The third kappa shape index (κ3) is 8.55. The fourth-order valence-corrected chi connectivity index (χ4v) is 4.96. The summed E-state index contributed by atoms with van der Waals surface area (Å²) >= 11 is 0. The lowest BCUT2D eigenvalue weighted by atomic mass is 10.1. The van der Waals surface area contributed by atoms with Gasteiger partial charge in [0.1, 0.15) is 11.8 Å². The Morgan fingerprint density at radius 1 is 1.00 bits per heavy atom. The van der Waals surface area contributed by atoms with Crippen LogP contribution in [0.2, 0.25) is 0 Å². The van der Waals surface area contributed by atoms with Crippen LogP contribution in [0, 0.1) is 13.8 Å². The van der Waals surface area contributed by atoms with Gasteiger partial charge in [-0.25, -0.2) is 8.42 Å². The lowest BCUT2D eigenvalue weighted by Gasteiger charge is -2.30. The Labute approximate surface area is 215 Å². The maximum Gasteiger partial charge on any atom is 0.242 e. The van der Waals surface area contributed by atoms with Gasteiger partial charge in [-0.3, -0.25) is 13.9 Å². The predicted molar refractivity (Wildman–Crippen MR) is 144 cm³/mol. The predicted octanol–water partition coefficient (Wildman–Crippen LogP) is 3.80. The number of sulfonamides is 1. The monoisotopic (exact) mass is 517 g/mol. The van der Waals surface area contributed by atoms with Crippen LogP contribution in [-0.2, 0) is 26.2 Å². The van der Waals surface area contributed by atoms with Gasteiger partial charge in [0.25, 0.3) is 0 Å². The van der Waals surface area contributed by atoms with Gasteiger partial charge in [-0.2, -0.15) is 0 Å². The minimum absolute atomic E-state index is 0.0565. The van der Waals surface area contributed by atoms with Crippen LogP contribution in [0.25, 0.3) is 0 Å². The van der Waals surface area contributed by atoms with Gasteiger partial charge in [0.15, 0.2) is 0 Å². The summed E-state index contributed by atoms with van der Waals surface area (Å²) in [6.45, 7) is 9.69. The summed E-state index contributed by atoms with van der Waals surface area (Å²) in [5.41, 5.74) is 3.37. The van der Waals surface area contributed by atoms with Crippen LogP contribution < -0.4 is 14.4 Å². The zero-order valence-corrected chi connectivity index (χ0v) is 23.2. The molecule has 0 spiro atoms. The van der Waals surface area contributed by atoms with Crippen molar-refractivity contribution in [2.24, 2.45) is 0 Å². The molecule has 1 N–H and O–H groups in total. The van der Waals surface area contributed by atoms with Crippen molar-refractivity contribution in [3.8, 4) is 5.75 Å². The highest BCUT2D eigenvalue weighted by Crippen LogP contribution is 2.22. The Balaban J connectivity index is 2.19. The number of aryl methyl sites for hydroxylation is 2. The summed E-state index contributed by atoms with van der Waals surface area (Å²) in [5.74, 6) is 0.250. The van der Waals surface area contributed by atoms with E-state index < -0.39 is 16.1 Å². The van der Waals surface area contributed by atoms with Crippen LogP contribution in [0.15, 0.2) is 42.5 Å². The molecule has 8 nitrogen and oxygen atoms in total. The Bertz CT molecular complexity index is 1130. The van der Waals surface area contributed by atoms with E-state index in [-0.39, 0.29) is 37.4 Å². The van der Waals surface area contributed by atoms with E-state index in [9.17, 15) is 18.0 Å². The summed E-state index contributed by atoms with van der Waals surface area (Å²) in [6, 6.07) is 12.2. The molecule has 0 heterocycles. The highest BCUT2D eigenvalue weighted by molar-refractivity contribution is 7.92. The Morgan fingerprint density at radius 2 is 1.58 bits per heavy atom. The highest BCUT2D eigenvalue weighted by Gasteiger charge is 2.27. The van der Waals surface area contributed by atoms with Gasteiger partial charge in [0, 0.05) is 25.6 Å². The molecular weight excluding hydrogens is 478 g/mol. The average Bonchev–Trinajstić information content (AvgIpc) is 2.78. The first-order valence-electron chi connectivity index (χ1n) is 12.1. The van der Waals surface area contributed by atoms with Crippen LogP contribution in [0.1, 0.15) is 50.3 Å². The van der Waals surface area contributed by atoms with Crippen LogP contribution in [0.4, 0.5) is 5.69 Å². The van der Waals surface area contributed by atoms with Gasteiger partial charge < -0.3 is 15.0 Å². The molecule has 0 aliphatic heterocycles. The number of amides is 2. The lowest BCUT2D eigenvalue weighted by Crippen LogP contribution is -2.49. The SMILES string of the molecule is COc1ccc(CN(C(=O)CCCN(c2cc(C)cc(C)c2)S(C)(=O)=O)[C@H](C)C(=O)NC(C)C)cc1. The molecule has 198 valence electrons. The van der Waals surface area contributed by atoms with Crippen molar-refractivity contribution in [3.05, 3.63) is 59.2 Å².